The fourth-order valence-corrected chi connectivity index (χ4v) is 3.79. The van der Waals surface area contributed by atoms with Crippen LogP contribution in [0.15, 0.2) is 0 Å². The quantitative estimate of drug-likeness (QED) is 0.424. The van der Waals surface area contributed by atoms with Crippen LogP contribution in [0.4, 0.5) is 0 Å². The molecule has 2 fully saturated rings. The minimum Gasteiger partial charge on any atom is -0.463 e. The Kier molecular flexibility index (Phi) is 7.04. The van der Waals surface area contributed by atoms with Crippen LogP contribution in [0.2, 0.25) is 0 Å². The molecule has 2 aliphatic rings. The van der Waals surface area contributed by atoms with E-state index >= 15 is 0 Å². The summed E-state index contributed by atoms with van der Waals surface area (Å²) in [4.78, 5) is 11.4. The summed E-state index contributed by atoms with van der Waals surface area (Å²) >= 11 is 0. The molecule has 0 amide bonds. The number of carbonyl (C=O) groups excluding carboxylic acids is 1. The van der Waals surface area contributed by atoms with Crippen molar-refractivity contribution in [3.63, 3.8) is 0 Å². The molecule has 0 aromatic rings. The van der Waals surface area contributed by atoms with Crippen molar-refractivity contribution in [2.45, 2.75) is 38.1 Å². The third-order valence-electron chi connectivity index (χ3n) is 4.73. The van der Waals surface area contributed by atoms with Gasteiger partial charge in [-0.2, -0.15) is 0 Å². The molecule has 2 heterocycles. The summed E-state index contributed by atoms with van der Waals surface area (Å²) in [5.41, 5.74) is 0. The molecule has 0 saturated carbocycles. The van der Waals surface area contributed by atoms with Gasteiger partial charge in [0.1, 0.15) is 6.61 Å². The van der Waals surface area contributed by atoms with Gasteiger partial charge in [-0.05, 0) is 25.7 Å². The Hall–Kier alpha value is 0.120. The third-order valence-corrected chi connectivity index (χ3v) is 4.73. The molecular formula is C14H27INO3+. The zero-order valence-electron chi connectivity index (χ0n) is 12.1. The molecule has 2 saturated heterocycles. The summed E-state index contributed by atoms with van der Waals surface area (Å²) in [6.45, 7) is 3.25. The van der Waals surface area contributed by atoms with Crippen molar-refractivity contribution in [3.8, 4) is 0 Å². The number of carbonyl (C=O) groups is 1. The molecule has 2 rings (SSSR count). The SMILES string of the molecule is COCC(=O)OCC1CCC[N+]2(C)CCCCC12.I. The number of hydrogen-bond acceptors (Lipinski definition) is 3. The lowest BCUT2D eigenvalue weighted by atomic mass is 9.82. The lowest BCUT2D eigenvalue weighted by Crippen LogP contribution is -2.61. The molecule has 3 atom stereocenters. The number of nitrogens with zero attached hydrogens (tertiary/aromatic N) is 1. The fourth-order valence-electron chi connectivity index (χ4n) is 3.79. The van der Waals surface area contributed by atoms with Crippen molar-refractivity contribution in [3.05, 3.63) is 0 Å². The maximum Gasteiger partial charge on any atom is 0.332 e. The summed E-state index contributed by atoms with van der Waals surface area (Å²) < 4.78 is 11.3. The Morgan fingerprint density at radius 2 is 1.95 bits per heavy atom. The second-order valence-electron chi connectivity index (χ2n) is 6.01. The van der Waals surface area contributed by atoms with Crippen molar-refractivity contribution in [1.29, 1.82) is 0 Å². The molecule has 19 heavy (non-hydrogen) atoms. The Balaban J connectivity index is 0.00000180. The van der Waals surface area contributed by atoms with E-state index in [9.17, 15) is 4.79 Å². The van der Waals surface area contributed by atoms with E-state index in [4.69, 9.17) is 9.47 Å². The first-order chi connectivity index (χ1) is 8.65. The zero-order chi connectivity index (χ0) is 13.0. The van der Waals surface area contributed by atoms with Gasteiger partial charge in [-0.3, -0.25) is 0 Å². The van der Waals surface area contributed by atoms with Crippen molar-refractivity contribution in [1.82, 2.24) is 0 Å². The molecule has 0 aromatic carbocycles. The minimum atomic E-state index is -0.229. The summed E-state index contributed by atoms with van der Waals surface area (Å²) in [5, 5.41) is 0. The van der Waals surface area contributed by atoms with Crippen LogP contribution in [0.5, 0.6) is 0 Å². The number of hydrogen-bond donors (Lipinski definition) is 0. The lowest BCUT2D eigenvalue weighted by Gasteiger charge is -2.51. The van der Waals surface area contributed by atoms with Crippen molar-refractivity contribution in [2.24, 2.45) is 5.92 Å². The number of rotatable bonds is 4. The van der Waals surface area contributed by atoms with Crippen LogP contribution in [-0.2, 0) is 14.3 Å². The van der Waals surface area contributed by atoms with Crippen LogP contribution < -0.4 is 0 Å². The smallest absolute Gasteiger partial charge is 0.332 e. The molecular weight excluding hydrogens is 357 g/mol. The Morgan fingerprint density at radius 1 is 1.21 bits per heavy atom. The number of ether oxygens (including phenoxy) is 2. The molecule has 112 valence electrons. The van der Waals surface area contributed by atoms with Gasteiger partial charge >= 0.3 is 5.97 Å². The first kappa shape index (κ1) is 17.2. The Morgan fingerprint density at radius 3 is 2.68 bits per heavy atom. The van der Waals surface area contributed by atoms with Gasteiger partial charge in [0.15, 0.2) is 0 Å². The first-order valence-corrected chi connectivity index (χ1v) is 7.14. The topological polar surface area (TPSA) is 35.5 Å². The van der Waals surface area contributed by atoms with Crippen molar-refractivity contribution >= 4 is 29.9 Å². The van der Waals surface area contributed by atoms with Gasteiger partial charge in [0, 0.05) is 19.4 Å². The molecule has 0 N–H and O–H groups in total. The number of esters is 1. The van der Waals surface area contributed by atoms with Crippen molar-refractivity contribution in [2.75, 3.05) is 40.5 Å². The summed E-state index contributed by atoms with van der Waals surface area (Å²) in [7, 11) is 3.91. The van der Waals surface area contributed by atoms with E-state index in [1.807, 2.05) is 0 Å². The molecule has 0 radical (unpaired) electrons. The summed E-state index contributed by atoms with van der Waals surface area (Å²) in [6.07, 6.45) is 6.45. The normalized spacial score (nSPS) is 34.0. The van der Waals surface area contributed by atoms with E-state index in [1.54, 1.807) is 0 Å². The highest BCUT2D eigenvalue weighted by Crippen LogP contribution is 2.36. The van der Waals surface area contributed by atoms with Gasteiger partial charge in [-0.25, -0.2) is 4.79 Å². The minimum absolute atomic E-state index is 0. The maximum atomic E-state index is 11.4. The molecule has 4 nitrogen and oxygen atoms in total. The van der Waals surface area contributed by atoms with Gasteiger partial charge in [0.25, 0.3) is 0 Å². The maximum absolute atomic E-state index is 11.4. The van der Waals surface area contributed by atoms with E-state index in [0.29, 0.717) is 18.6 Å². The van der Waals surface area contributed by atoms with Gasteiger partial charge in [-0.15, -0.1) is 24.0 Å². The van der Waals surface area contributed by atoms with Crippen LogP contribution in [0.3, 0.4) is 0 Å². The molecule has 3 unspecified atom stereocenters. The van der Waals surface area contributed by atoms with E-state index < -0.39 is 0 Å². The Bertz CT molecular complexity index is 296. The highest BCUT2D eigenvalue weighted by atomic mass is 127. The second-order valence-corrected chi connectivity index (χ2v) is 6.01. The molecule has 0 bridgehead atoms. The standard InChI is InChI=1S/C14H26NO3.HI/c1-15-8-4-3-7-13(15)12(6-5-9-15)10-18-14(16)11-17-2;/h12-13H,3-11H2,1-2H3;1H/q+1;. The van der Waals surface area contributed by atoms with E-state index in [-0.39, 0.29) is 36.6 Å². The Labute approximate surface area is 133 Å². The number of quaternary nitrogens is 1. The average Bonchev–Trinajstić information content (AvgIpc) is 2.35. The highest BCUT2D eigenvalue weighted by Gasteiger charge is 2.43. The number of halogens is 1. The van der Waals surface area contributed by atoms with Gasteiger partial charge in [-0.1, -0.05) is 0 Å². The van der Waals surface area contributed by atoms with Crippen molar-refractivity contribution < 1.29 is 18.8 Å². The molecule has 5 heteroatoms. The highest BCUT2D eigenvalue weighted by molar-refractivity contribution is 14.0. The zero-order valence-corrected chi connectivity index (χ0v) is 14.4. The van der Waals surface area contributed by atoms with Crippen LogP contribution in [0.1, 0.15) is 32.1 Å². The fraction of sp³-hybridized carbons (Fsp3) is 0.929. The molecule has 0 spiro atoms. The number of fused-ring (bicyclic) bond motifs is 1. The number of methoxy groups -OCH3 is 1. The average molecular weight is 384 g/mol. The lowest BCUT2D eigenvalue weighted by molar-refractivity contribution is -0.947. The molecule has 2 aliphatic heterocycles. The first-order valence-electron chi connectivity index (χ1n) is 7.14. The van der Waals surface area contributed by atoms with Gasteiger partial charge in [0.05, 0.1) is 32.8 Å². The van der Waals surface area contributed by atoms with Crippen LogP contribution in [-0.4, -0.2) is 57.0 Å². The van der Waals surface area contributed by atoms with Gasteiger partial charge < -0.3 is 14.0 Å². The number of piperidine rings is 2. The molecule has 0 aliphatic carbocycles. The van der Waals surface area contributed by atoms with Gasteiger partial charge in [0.2, 0.25) is 0 Å². The molecule has 0 aromatic heterocycles. The van der Waals surface area contributed by atoms with Crippen LogP contribution in [0.25, 0.3) is 0 Å². The summed E-state index contributed by atoms with van der Waals surface area (Å²) in [5.74, 6) is 0.318. The second kappa shape index (κ2) is 7.78. The predicted molar refractivity (Wildman–Crippen MR) is 84.5 cm³/mol. The van der Waals surface area contributed by atoms with E-state index in [1.165, 1.54) is 56.8 Å². The predicted octanol–water partition coefficient (Wildman–Crippen LogP) is 2.20. The third kappa shape index (κ3) is 4.29. The monoisotopic (exact) mass is 384 g/mol. The largest absolute Gasteiger partial charge is 0.463 e. The summed E-state index contributed by atoms with van der Waals surface area (Å²) in [6, 6.07) is 0.697. The van der Waals surface area contributed by atoms with E-state index in [2.05, 4.69) is 7.05 Å². The van der Waals surface area contributed by atoms with Crippen LogP contribution >= 0.6 is 24.0 Å². The van der Waals surface area contributed by atoms with E-state index in [0.717, 1.165) is 0 Å². The van der Waals surface area contributed by atoms with Crippen LogP contribution in [0, 0.1) is 5.92 Å².